The molecule has 0 spiro atoms. The molecule has 0 aliphatic rings. The van der Waals surface area contributed by atoms with Crippen molar-refractivity contribution in [3.8, 4) is 5.75 Å². The van der Waals surface area contributed by atoms with Crippen LogP contribution in [0.1, 0.15) is 46.1 Å². The van der Waals surface area contributed by atoms with Crippen molar-refractivity contribution >= 4 is 39.1 Å². The van der Waals surface area contributed by atoms with Gasteiger partial charge in [-0.25, -0.2) is 8.42 Å². The lowest BCUT2D eigenvalue weighted by atomic mass is 10.1. The first-order chi connectivity index (χ1) is 19.6. The fourth-order valence-electron chi connectivity index (χ4n) is 4.27. The molecule has 3 aromatic rings. The number of carbonyl (C=O) groups is 2. The van der Waals surface area contributed by atoms with E-state index in [1.165, 1.54) is 17.0 Å². The van der Waals surface area contributed by atoms with Gasteiger partial charge in [0, 0.05) is 17.6 Å². The van der Waals surface area contributed by atoms with Gasteiger partial charge < -0.3 is 15.0 Å². The lowest BCUT2D eigenvalue weighted by Gasteiger charge is -2.33. The van der Waals surface area contributed by atoms with E-state index in [-0.39, 0.29) is 23.4 Å². The van der Waals surface area contributed by atoms with Crippen molar-refractivity contribution in [2.45, 2.75) is 64.1 Å². The van der Waals surface area contributed by atoms with Crippen LogP contribution in [0, 0.1) is 0 Å². The van der Waals surface area contributed by atoms with Crippen molar-refractivity contribution in [2.75, 3.05) is 17.5 Å². The molecule has 0 radical (unpaired) electrons. The van der Waals surface area contributed by atoms with Gasteiger partial charge in [-0.3, -0.25) is 13.9 Å². The molecule has 0 aliphatic heterocycles. The standard InChI is InChI=1S/C31H38ClN3O5S/c1-5-23(4)33-31(37)29(6-2)34(21-24-13-15-25(32)16-14-24)30(36)22-35(26-11-9-8-10-12-26)41(38,39)28-19-17-27(18-20-28)40-7-3/h8-20,23,29H,5-7,21-22H2,1-4H3,(H,33,37). The molecule has 0 heterocycles. The average Bonchev–Trinajstić information content (AvgIpc) is 2.97. The smallest absolute Gasteiger partial charge is 0.264 e. The normalized spacial score (nSPS) is 12.7. The minimum atomic E-state index is -4.16. The Bertz CT molecular complexity index is 1380. The summed E-state index contributed by atoms with van der Waals surface area (Å²) in [5.41, 5.74) is 1.09. The fraction of sp³-hybridized carbons (Fsp3) is 0.355. The van der Waals surface area contributed by atoms with Crippen molar-refractivity contribution in [1.29, 1.82) is 0 Å². The highest BCUT2D eigenvalue weighted by Gasteiger charge is 2.34. The number of benzene rings is 3. The Hall–Kier alpha value is -3.56. The second-order valence-corrected chi connectivity index (χ2v) is 11.9. The first-order valence-corrected chi connectivity index (χ1v) is 15.6. The number of sulfonamides is 1. The number of carbonyl (C=O) groups excluding carboxylic acids is 2. The van der Waals surface area contributed by atoms with Gasteiger partial charge in [-0.05, 0) is 80.8 Å². The maximum Gasteiger partial charge on any atom is 0.264 e. The molecule has 2 unspecified atom stereocenters. The summed E-state index contributed by atoms with van der Waals surface area (Å²) in [4.78, 5) is 28.9. The molecule has 8 nitrogen and oxygen atoms in total. The molecular formula is C31H38ClN3O5S. The molecule has 3 aromatic carbocycles. The molecule has 3 rings (SSSR count). The number of hydrogen-bond acceptors (Lipinski definition) is 5. The van der Waals surface area contributed by atoms with Crippen LogP contribution in [0.15, 0.2) is 83.8 Å². The van der Waals surface area contributed by atoms with Gasteiger partial charge in [0.05, 0.1) is 17.2 Å². The Balaban J connectivity index is 2.02. The van der Waals surface area contributed by atoms with Gasteiger partial charge in [0.2, 0.25) is 11.8 Å². The number of para-hydroxylation sites is 1. The molecule has 2 amide bonds. The molecule has 0 saturated heterocycles. The Kier molecular flexibility index (Phi) is 11.6. The third-order valence-corrected chi connectivity index (χ3v) is 8.74. The van der Waals surface area contributed by atoms with E-state index in [4.69, 9.17) is 16.3 Å². The molecule has 0 aliphatic carbocycles. The van der Waals surface area contributed by atoms with Crippen molar-refractivity contribution in [3.63, 3.8) is 0 Å². The molecule has 0 fully saturated rings. The number of nitrogens with zero attached hydrogens (tertiary/aromatic N) is 2. The zero-order chi connectivity index (χ0) is 30.0. The predicted molar refractivity (Wildman–Crippen MR) is 163 cm³/mol. The summed E-state index contributed by atoms with van der Waals surface area (Å²) in [6.07, 6.45) is 1.08. The van der Waals surface area contributed by atoms with Crippen LogP contribution in [0.5, 0.6) is 5.75 Å². The monoisotopic (exact) mass is 599 g/mol. The molecule has 1 N–H and O–H groups in total. The zero-order valence-corrected chi connectivity index (χ0v) is 25.5. The Morgan fingerprint density at radius 2 is 1.54 bits per heavy atom. The highest BCUT2D eigenvalue weighted by molar-refractivity contribution is 7.92. The SMILES string of the molecule is CCOc1ccc(S(=O)(=O)N(CC(=O)N(Cc2ccc(Cl)cc2)C(CC)C(=O)NC(C)CC)c2ccccc2)cc1. The zero-order valence-electron chi connectivity index (χ0n) is 23.9. The van der Waals surface area contributed by atoms with Crippen LogP contribution < -0.4 is 14.4 Å². The number of ether oxygens (including phenoxy) is 1. The minimum Gasteiger partial charge on any atom is -0.494 e. The number of anilines is 1. The fourth-order valence-corrected chi connectivity index (χ4v) is 5.81. The van der Waals surface area contributed by atoms with Crippen molar-refractivity contribution in [2.24, 2.45) is 0 Å². The number of rotatable bonds is 14. The molecule has 10 heteroatoms. The van der Waals surface area contributed by atoms with Crippen LogP contribution in [-0.2, 0) is 26.2 Å². The van der Waals surface area contributed by atoms with Crippen LogP contribution in [0.3, 0.4) is 0 Å². The van der Waals surface area contributed by atoms with E-state index < -0.39 is 28.5 Å². The first-order valence-electron chi connectivity index (χ1n) is 13.8. The van der Waals surface area contributed by atoms with Gasteiger partial charge in [-0.1, -0.05) is 55.8 Å². The highest BCUT2D eigenvalue weighted by Crippen LogP contribution is 2.26. The lowest BCUT2D eigenvalue weighted by molar-refractivity contribution is -0.140. The average molecular weight is 600 g/mol. The maximum absolute atomic E-state index is 14.1. The lowest BCUT2D eigenvalue weighted by Crippen LogP contribution is -2.53. The molecule has 0 aromatic heterocycles. The highest BCUT2D eigenvalue weighted by atomic mass is 35.5. The second-order valence-electron chi connectivity index (χ2n) is 9.64. The van der Waals surface area contributed by atoms with Crippen LogP contribution in [0.2, 0.25) is 5.02 Å². The van der Waals surface area contributed by atoms with Gasteiger partial charge >= 0.3 is 0 Å². The molecule has 0 saturated carbocycles. The quantitative estimate of drug-likeness (QED) is 0.258. The van der Waals surface area contributed by atoms with Gasteiger partial charge in [0.15, 0.2) is 0 Å². The van der Waals surface area contributed by atoms with E-state index in [1.807, 2.05) is 27.7 Å². The topological polar surface area (TPSA) is 96.0 Å². The molecule has 0 bridgehead atoms. The Morgan fingerprint density at radius 1 is 0.902 bits per heavy atom. The molecule has 2 atom stereocenters. The number of hydrogen-bond donors (Lipinski definition) is 1. The van der Waals surface area contributed by atoms with Gasteiger partial charge in [0.25, 0.3) is 10.0 Å². The Morgan fingerprint density at radius 3 is 2.10 bits per heavy atom. The van der Waals surface area contributed by atoms with Gasteiger partial charge in [-0.15, -0.1) is 0 Å². The van der Waals surface area contributed by atoms with E-state index >= 15 is 0 Å². The van der Waals surface area contributed by atoms with Gasteiger partial charge in [-0.2, -0.15) is 0 Å². The number of amides is 2. The summed E-state index contributed by atoms with van der Waals surface area (Å²) in [7, 11) is -4.16. The summed E-state index contributed by atoms with van der Waals surface area (Å²) in [5, 5.41) is 3.52. The molecule has 220 valence electrons. The van der Waals surface area contributed by atoms with Crippen LogP contribution in [-0.4, -0.2) is 50.4 Å². The van der Waals surface area contributed by atoms with Crippen molar-refractivity contribution < 1.29 is 22.7 Å². The number of halogens is 1. The molecular weight excluding hydrogens is 562 g/mol. The maximum atomic E-state index is 14.1. The summed E-state index contributed by atoms with van der Waals surface area (Å²) in [6.45, 7) is 7.59. The summed E-state index contributed by atoms with van der Waals surface area (Å²) < 4.78 is 34.4. The van der Waals surface area contributed by atoms with E-state index in [0.29, 0.717) is 29.5 Å². The minimum absolute atomic E-state index is 0.0170. The molecule has 41 heavy (non-hydrogen) atoms. The Labute approximate surface area is 248 Å². The van der Waals surface area contributed by atoms with E-state index in [0.717, 1.165) is 16.3 Å². The summed E-state index contributed by atoms with van der Waals surface area (Å²) in [5.74, 6) is -0.254. The van der Waals surface area contributed by atoms with E-state index in [9.17, 15) is 18.0 Å². The first kappa shape index (κ1) is 32.0. The van der Waals surface area contributed by atoms with Crippen molar-refractivity contribution in [3.05, 3.63) is 89.4 Å². The van der Waals surface area contributed by atoms with Crippen molar-refractivity contribution in [1.82, 2.24) is 10.2 Å². The summed E-state index contributed by atoms with van der Waals surface area (Å²) in [6, 6.07) is 20.7. The van der Waals surface area contributed by atoms with Crippen LogP contribution >= 0.6 is 11.6 Å². The second kappa shape index (κ2) is 14.9. The predicted octanol–water partition coefficient (Wildman–Crippen LogP) is 5.66. The third kappa shape index (κ3) is 8.47. The van der Waals surface area contributed by atoms with Crippen LogP contribution in [0.25, 0.3) is 0 Å². The van der Waals surface area contributed by atoms with Crippen LogP contribution in [0.4, 0.5) is 5.69 Å². The summed E-state index contributed by atoms with van der Waals surface area (Å²) >= 11 is 6.07. The van der Waals surface area contributed by atoms with E-state index in [2.05, 4.69) is 5.32 Å². The third-order valence-electron chi connectivity index (χ3n) is 6.70. The number of nitrogens with one attached hydrogen (secondary N) is 1. The van der Waals surface area contributed by atoms with E-state index in [1.54, 1.807) is 66.7 Å². The largest absolute Gasteiger partial charge is 0.494 e. The van der Waals surface area contributed by atoms with Gasteiger partial charge in [0.1, 0.15) is 18.3 Å².